The summed E-state index contributed by atoms with van der Waals surface area (Å²) < 4.78 is 67.6. The van der Waals surface area contributed by atoms with Gasteiger partial charge < -0.3 is 19.3 Å². The molecule has 276 valence electrons. The van der Waals surface area contributed by atoms with Gasteiger partial charge in [-0.1, -0.05) is 36.4 Å². The number of hydrogen-bond donors (Lipinski definition) is 2. The average molecular weight is 813 g/mol. The molecule has 0 saturated carbocycles. The van der Waals surface area contributed by atoms with Crippen molar-refractivity contribution in [1.29, 1.82) is 0 Å². The van der Waals surface area contributed by atoms with Crippen molar-refractivity contribution in [1.82, 2.24) is 0 Å². The Morgan fingerprint density at radius 1 is 0.545 bits per heavy atom. The molecule has 18 nitrogen and oxygen atoms in total. The minimum Gasteiger partial charge on any atom is -0.744 e. The number of fused-ring (bicyclic) bond motifs is 2. The van der Waals surface area contributed by atoms with E-state index in [1.807, 2.05) is 0 Å². The van der Waals surface area contributed by atoms with Crippen LogP contribution in [0, 0.1) is 34.1 Å². The normalized spacial score (nSPS) is 11.7. The van der Waals surface area contributed by atoms with Crippen molar-refractivity contribution in [2.24, 2.45) is 20.5 Å². The predicted octanol–water partition coefficient (Wildman–Crippen LogP) is 7.78. The van der Waals surface area contributed by atoms with Crippen LogP contribution in [0.5, 0.6) is 11.5 Å². The molecular formula is C34H24CaN6O12S2. The molecule has 0 amide bonds. The van der Waals surface area contributed by atoms with Gasteiger partial charge in [-0.3, -0.25) is 20.2 Å². The first-order valence-corrected chi connectivity index (χ1v) is 17.9. The maximum Gasteiger partial charge on any atom is 2.00 e. The molecule has 0 aliphatic heterocycles. The van der Waals surface area contributed by atoms with Gasteiger partial charge in [0.15, 0.2) is 0 Å². The van der Waals surface area contributed by atoms with E-state index in [4.69, 9.17) is 0 Å². The van der Waals surface area contributed by atoms with Gasteiger partial charge in [-0.05, 0) is 73.2 Å². The fourth-order valence-electron chi connectivity index (χ4n) is 5.11. The Bertz CT molecular complexity index is 2610. The van der Waals surface area contributed by atoms with Gasteiger partial charge in [-0.2, -0.15) is 0 Å². The van der Waals surface area contributed by atoms with Gasteiger partial charge in [0.1, 0.15) is 43.1 Å². The number of nitro groups is 2. The number of benzene rings is 6. The molecule has 21 heteroatoms. The van der Waals surface area contributed by atoms with Crippen LogP contribution in [0.1, 0.15) is 11.1 Å². The molecule has 55 heavy (non-hydrogen) atoms. The van der Waals surface area contributed by atoms with Crippen LogP contribution in [0.15, 0.2) is 127 Å². The number of phenols is 2. The van der Waals surface area contributed by atoms with Gasteiger partial charge >= 0.3 is 37.7 Å². The first kappa shape index (κ1) is 42.3. The molecule has 2 N–H and O–H groups in total. The van der Waals surface area contributed by atoms with Crippen LogP contribution in [0.4, 0.5) is 34.1 Å². The Balaban J connectivity index is 0.000000240. The summed E-state index contributed by atoms with van der Waals surface area (Å²) in [5.74, 6) is -0.565. The molecule has 0 aliphatic carbocycles. The number of hydrogen-bond acceptors (Lipinski definition) is 16. The van der Waals surface area contributed by atoms with Gasteiger partial charge in [0, 0.05) is 22.9 Å². The third kappa shape index (κ3) is 9.61. The SMILES string of the molecule is Cc1c(N=Nc2c(O)ccc3ccc(S(=O)(=O)[O-])cc23)cccc1[N+](=O)[O-].Cc1c(N=Nc2c(O)ccc3ccc(S(=O)(=O)[O-])cc23)cccc1[N+](=O)[O-].[Ca+2]. The maximum absolute atomic E-state index is 11.3. The third-order valence-electron chi connectivity index (χ3n) is 7.93. The van der Waals surface area contributed by atoms with Crippen LogP contribution in [-0.4, -0.2) is 83.7 Å². The van der Waals surface area contributed by atoms with E-state index < -0.39 is 39.9 Å². The summed E-state index contributed by atoms with van der Waals surface area (Å²) >= 11 is 0. The summed E-state index contributed by atoms with van der Waals surface area (Å²) in [4.78, 5) is 20.0. The molecule has 0 radical (unpaired) electrons. The van der Waals surface area contributed by atoms with E-state index in [2.05, 4.69) is 20.5 Å². The monoisotopic (exact) mass is 812 g/mol. The zero-order valence-electron chi connectivity index (χ0n) is 28.4. The number of rotatable bonds is 8. The van der Waals surface area contributed by atoms with Crippen molar-refractivity contribution >= 4 is 114 Å². The zero-order valence-corrected chi connectivity index (χ0v) is 32.3. The molecule has 0 aromatic heterocycles. The van der Waals surface area contributed by atoms with Crippen LogP contribution in [-0.2, 0) is 20.2 Å². The van der Waals surface area contributed by atoms with E-state index in [1.54, 1.807) is 0 Å². The van der Waals surface area contributed by atoms with Crippen molar-refractivity contribution in [2.75, 3.05) is 0 Å². The molecule has 0 bridgehead atoms. The smallest absolute Gasteiger partial charge is 0.744 e. The molecule has 6 rings (SSSR count). The van der Waals surface area contributed by atoms with Crippen LogP contribution in [0.2, 0.25) is 0 Å². The Labute approximate surface area is 341 Å². The third-order valence-corrected chi connectivity index (χ3v) is 9.59. The second-order valence-electron chi connectivity index (χ2n) is 11.3. The Morgan fingerprint density at radius 2 is 0.891 bits per heavy atom. The number of azo groups is 2. The van der Waals surface area contributed by atoms with Crippen molar-refractivity contribution in [3.63, 3.8) is 0 Å². The topological polar surface area (TPSA) is 291 Å². The van der Waals surface area contributed by atoms with Crippen LogP contribution in [0.3, 0.4) is 0 Å². The summed E-state index contributed by atoms with van der Waals surface area (Å²) in [6.07, 6.45) is 0. The van der Waals surface area contributed by atoms with Gasteiger partial charge in [-0.25, -0.2) is 16.8 Å². The van der Waals surface area contributed by atoms with Crippen LogP contribution in [0.25, 0.3) is 21.5 Å². The van der Waals surface area contributed by atoms with E-state index in [0.717, 1.165) is 24.3 Å². The standard InChI is InChI=1S/2C17H13N3O6S.Ca/c2*1-10-14(3-2-4-15(10)20(22)23)18-19-17-13-9-12(27(24,25)26)7-5-11(13)6-8-16(17)21;/h2*2-9,21H,1H3,(H,24,25,26);/q;;+2/p-2. The summed E-state index contributed by atoms with van der Waals surface area (Å²) in [6, 6.07) is 21.7. The summed E-state index contributed by atoms with van der Waals surface area (Å²) in [5.41, 5.74) is 0.637. The minimum absolute atomic E-state index is 0. The first-order valence-electron chi connectivity index (χ1n) is 15.1. The zero-order chi connectivity index (χ0) is 39.5. The van der Waals surface area contributed by atoms with Crippen LogP contribution < -0.4 is 0 Å². The van der Waals surface area contributed by atoms with E-state index >= 15 is 0 Å². The quantitative estimate of drug-likeness (QED) is 0.0489. The molecule has 0 unspecified atom stereocenters. The van der Waals surface area contributed by atoms with Gasteiger partial charge in [0.05, 0.1) is 42.1 Å². The molecule has 6 aromatic carbocycles. The first-order chi connectivity index (χ1) is 25.4. The van der Waals surface area contributed by atoms with Gasteiger partial charge in [0.2, 0.25) is 0 Å². The predicted molar refractivity (Wildman–Crippen MR) is 197 cm³/mol. The van der Waals surface area contributed by atoms with E-state index in [0.29, 0.717) is 10.8 Å². The van der Waals surface area contributed by atoms with Crippen LogP contribution >= 0.6 is 0 Å². The molecule has 0 heterocycles. The number of phenolic OH excluding ortho intramolecular Hbond substituents is 2. The van der Waals surface area contributed by atoms with Gasteiger partial charge in [-0.15, -0.1) is 20.5 Å². The van der Waals surface area contributed by atoms with Gasteiger partial charge in [0.25, 0.3) is 11.4 Å². The van der Waals surface area contributed by atoms with Crippen molar-refractivity contribution in [2.45, 2.75) is 23.6 Å². The van der Waals surface area contributed by atoms with Crippen molar-refractivity contribution in [3.8, 4) is 11.5 Å². The molecule has 0 aliphatic rings. The maximum atomic E-state index is 11.3. The van der Waals surface area contributed by atoms with E-state index in [1.165, 1.54) is 86.6 Å². The molecular weight excluding hydrogens is 789 g/mol. The Hall–Kier alpha value is -5.48. The summed E-state index contributed by atoms with van der Waals surface area (Å²) in [6.45, 7) is 3.02. The van der Waals surface area contributed by atoms with E-state index in [-0.39, 0.29) is 105 Å². The minimum atomic E-state index is -4.69. The van der Waals surface area contributed by atoms with E-state index in [9.17, 15) is 56.4 Å². The number of nitrogens with zero attached hydrogens (tertiary/aromatic N) is 6. The summed E-state index contributed by atoms with van der Waals surface area (Å²) in [7, 11) is -9.38. The average Bonchev–Trinajstić information content (AvgIpc) is 3.10. The number of nitro benzene ring substituents is 2. The summed E-state index contributed by atoms with van der Waals surface area (Å²) in [5, 5.41) is 59.5. The second-order valence-corrected chi connectivity index (χ2v) is 14.1. The molecule has 0 atom stereocenters. The Morgan fingerprint density at radius 3 is 1.22 bits per heavy atom. The van der Waals surface area contributed by atoms with Crippen molar-refractivity contribution < 1.29 is 46.0 Å². The van der Waals surface area contributed by atoms with Crippen molar-refractivity contribution in [3.05, 3.63) is 128 Å². The molecule has 0 saturated heterocycles. The Kier molecular flexibility index (Phi) is 13.0. The largest absolute Gasteiger partial charge is 2.00 e. The number of aromatic hydroxyl groups is 2. The molecule has 0 spiro atoms. The molecule has 6 aromatic rings. The fraction of sp³-hybridized carbons (Fsp3) is 0.0588. The molecule has 0 fully saturated rings. The second kappa shape index (κ2) is 16.9. The fourth-order valence-corrected chi connectivity index (χ4v) is 6.10.